The quantitative estimate of drug-likeness (QED) is 0.684. The zero-order chi connectivity index (χ0) is 13.5. The minimum absolute atomic E-state index is 0.0438. The van der Waals surface area contributed by atoms with Crippen LogP contribution in [0, 0.1) is 0 Å². The van der Waals surface area contributed by atoms with Gasteiger partial charge in [-0.2, -0.15) is 0 Å². The van der Waals surface area contributed by atoms with Crippen molar-refractivity contribution in [3.05, 3.63) is 35.4 Å². The van der Waals surface area contributed by atoms with Gasteiger partial charge in [0.15, 0.2) is 0 Å². The number of hydrogen-bond donors (Lipinski definition) is 3. The van der Waals surface area contributed by atoms with Crippen molar-refractivity contribution in [3.63, 3.8) is 0 Å². The minimum Gasteiger partial charge on any atom is -0.481 e. The van der Waals surface area contributed by atoms with Crippen LogP contribution in [0.5, 0.6) is 0 Å². The Morgan fingerprint density at radius 1 is 1.22 bits per heavy atom. The van der Waals surface area contributed by atoms with E-state index in [4.69, 9.17) is 10.2 Å². The number of nitrogens with one attached hydrogen (secondary N) is 1. The van der Waals surface area contributed by atoms with Crippen LogP contribution in [0.15, 0.2) is 24.3 Å². The summed E-state index contributed by atoms with van der Waals surface area (Å²) in [5.74, 6) is -0.902. The fraction of sp³-hybridized carbons (Fsp3) is 0.417. The second-order valence-electron chi connectivity index (χ2n) is 3.92. The first-order valence-corrected chi connectivity index (χ1v) is 5.45. The Labute approximate surface area is 103 Å². The molecule has 18 heavy (non-hydrogen) atoms. The van der Waals surface area contributed by atoms with Gasteiger partial charge in [-0.05, 0) is 11.1 Å². The number of aliphatic hydroxyl groups excluding tert-OH is 1. The summed E-state index contributed by atoms with van der Waals surface area (Å²) >= 11 is 0. The summed E-state index contributed by atoms with van der Waals surface area (Å²) in [5.41, 5.74) is 1.52. The monoisotopic (exact) mass is 259 g/mol. The molecule has 4 nitrogen and oxygen atoms in total. The van der Waals surface area contributed by atoms with Gasteiger partial charge in [-0.25, -0.2) is 8.78 Å². The van der Waals surface area contributed by atoms with Crippen molar-refractivity contribution in [1.29, 1.82) is 0 Å². The molecule has 1 unspecified atom stereocenters. The van der Waals surface area contributed by atoms with E-state index in [0.29, 0.717) is 12.1 Å². The van der Waals surface area contributed by atoms with E-state index < -0.39 is 18.5 Å². The van der Waals surface area contributed by atoms with Crippen LogP contribution in [0.2, 0.25) is 0 Å². The number of halogens is 2. The maximum atomic E-state index is 12.0. The van der Waals surface area contributed by atoms with Crippen LogP contribution in [-0.2, 0) is 17.8 Å². The van der Waals surface area contributed by atoms with Gasteiger partial charge in [0.25, 0.3) is 6.43 Å². The number of rotatable bonds is 7. The maximum absolute atomic E-state index is 12.0. The third-order valence-corrected chi connectivity index (χ3v) is 2.35. The van der Waals surface area contributed by atoms with E-state index in [9.17, 15) is 13.6 Å². The first-order chi connectivity index (χ1) is 8.49. The summed E-state index contributed by atoms with van der Waals surface area (Å²) in [6.07, 6.45) is -4.47. The van der Waals surface area contributed by atoms with E-state index in [1.54, 1.807) is 24.3 Å². The summed E-state index contributed by atoms with van der Waals surface area (Å²) in [5, 5.41) is 20.1. The number of carboxylic acid groups (broad SMARTS) is 1. The number of aliphatic carboxylic acids is 1. The van der Waals surface area contributed by atoms with Gasteiger partial charge in [0, 0.05) is 13.1 Å². The molecule has 0 spiro atoms. The first-order valence-electron chi connectivity index (χ1n) is 5.45. The number of carbonyl (C=O) groups is 1. The average molecular weight is 259 g/mol. The van der Waals surface area contributed by atoms with Crippen molar-refractivity contribution in [2.45, 2.75) is 25.5 Å². The molecule has 0 saturated carbocycles. The van der Waals surface area contributed by atoms with Crippen molar-refractivity contribution in [1.82, 2.24) is 5.32 Å². The van der Waals surface area contributed by atoms with Gasteiger partial charge in [0.1, 0.15) is 6.10 Å². The smallest absolute Gasteiger partial charge is 0.307 e. The lowest BCUT2D eigenvalue weighted by atomic mass is 10.1. The predicted molar refractivity (Wildman–Crippen MR) is 61.5 cm³/mol. The summed E-state index contributed by atoms with van der Waals surface area (Å²) in [7, 11) is 0. The maximum Gasteiger partial charge on any atom is 0.307 e. The lowest BCUT2D eigenvalue weighted by molar-refractivity contribution is -0.136. The Bertz CT molecular complexity index is 381. The zero-order valence-electron chi connectivity index (χ0n) is 9.64. The van der Waals surface area contributed by atoms with Crippen molar-refractivity contribution in [2.75, 3.05) is 6.54 Å². The van der Waals surface area contributed by atoms with E-state index in [0.717, 1.165) is 5.56 Å². The Balaban J connectivity index is 2.37. The molecule has 6 heteroatoms. The summed E-state index contributed by atoms with van der Waals surface area (Å²) in [6, 6.07) is 6.80. The highest BCUT2D eigenvalue weighted by atomic mass is 19.3. The number of alkyl halides is 2. The predicted octanol–water partition coefficient (Wildman–Crippen LogP) is 1.03. The molecule has 0 saturated heterocycles. The van der Waals surface area contributed by atoms with Crippen LogP contribution in [0.25, 0.3) is 0 Å². The van der Waals surface area contributed by atoms with Crippen LogP contribution in [0.4, 0.5) is 8.78 Å². The average Bonchev–Trinajstić information content (AvgIpc) is 2.30. The van der Waals surface area contributed by atoms with Gasteiger partial charge >= 0.3 is 5.97 Å². The number of carboxylic acids is 1. The van der Waals surface area contributed by atoms with Crippen LogP contribution >= 0.6 is 0 Å². The van der Waals surface area contributed by atoms with Crippen LogP contribution in [0.1, 0.15) is 11.1 Å². The van der Waals surface area contributed by atoms with Crippen LogP contribution in [-0.4, -0.2) is 35.3 Å². The Morgan fingerprint density at radius 2 is 1.78 bits per heavy atom. The second kappa shape index (κ2) is 7.03. The molecular weight excluding hydrogens is 244 g/mol. The van der Waals surface area contributed by atoms with Gasteiger partial charge in [0.05, 0.1) is 6.42 Å². The van der Waals surface area contributed by atoms with Gasteiger partial charge in [-0.15, -0.1) is 0 Å². The van der Waals surface area contributed by atoms with Crippen molar-refractivity contribution < 1.29 is 23.8 Å². The van der Waals surface area contributed by atoms with E-state index in [2.05, 4.69) is 5.32 Å². The largest absolute Gasteiger partial charge is 0.481 e. The van der Waals surface area contributed by atoms with Gasteiger partial charge in [0.2, 0.25) is 0 Å². The SMILES string of the molecule is O=C(O)Cc1ccc(CNCC(O)C(F)F)cc1. The fourth-order valence-corrected chi connectivity index (χ4v) is 1.40. The minimum atomic E-state index is -2.75. The molecule has 3 N–H and O–H groups in total. The Kier molecular flexibility index (Phi) is 5.67. The molecular formula is C12H15F2NO3. The molecule has 100 valence electrons. The summed E-state index contributed by atoms with van der Waals surface area (Å²) < 4.78 is 24.0. The van der Waals surface area contributed by atoms with Gasteiger partial charge in [-0.1, -0.05) is 24.3 Å². The Morgan fingerprint density at radius 3 is 2.28 bits per heavy atom. The number of aliphatic hydroxyl groups is 1. The van der Waals surface area contributed by atoms with E-state index in [1.807, 2.05) is 0 Å². The fourth-order valence-electron chi connectivity index (χ4n) is 1.40. The van der Waals surface area contributed by atoms with Crippen LogP contribution in [0.3, 0.4) is 0 Å². The summed E-state index contributed by atoms with van der Waals surface area (Å²) in [6.45, 7) is 0.158. The van der Waals surface area contributed by atoms with Gasteiger partial charge < -0.3 is 15.5 Å². The zero-order valence-corrected chi connectivity index (χ0v) is 9.64. The number of hydrogen-bond acceptors (Lipinski definition) is 3. The molecule has 0 fully saturated rings. The lowest BCUT2D eigenvalue weighted by Crippen LogP contribution is -2.31. The van der Waals surface area contributed by atoms with Crippen molar-refractivity contribution in [3.8, 4) is 0 Å². The first kappa shape index (κ1) is 14.5. The molecule has 0 amide bonds. The molecule has 0 aliphatic heterocycles. The van der Waals surface area contributed by atoms with E-state index in [-0.39, 0.29) is 13.0 Å². The third-order valence-electron chi connectivity index (χ3n) is 2.35. The molecule has 0 heterocycles. The van der Waals surface area contributed by atoms with Crippen molar-refractivity contribution >= 4 is 5.97 Å². The normalized spacial score (nSPS) is 12.7. The number of benzene rings is 1. The van der Waals surface area contributed by atoms with Crippen molar-refractivity contribution in [2.24, 2.45) is 0 Å². The molecule has 0 bridgehead atoms. The molecule has 0 radical (unpaired) electrons. The molecule has 0 aliphatic carbocycles. The topological polar surface area (TPSA) is 69.6 Å². The highest BCUT2D eigenvalue weighted by Crippen LogP contribution is 2.05. The highest BCUT2D eigenvalue weighted by molar-refractivity contribution is 5.70. The lowest BCUT2D eigenvalue weighted by Gasteiger charge is -2.10. The highest BCUT2D eigenvalue weighted by Gasteiger charge is 2.15. The standard InChI is InChI=1S/C12H15F2NO3/c13-12(14)10(16)7-15-6-9-3-1-8(2-4-9)5-11(17)18/h1-4,10,12,15-16H,5-7H2,(H,17,18). The third kappa shape index (κ3) is 5.20. The summed E-state index contributed by atoms with van der Waals surface area (Å²) in [4.78, 5) is 10.5. The molecule has 1 aromatic carbocycles. The van der Waals surface area contributed by atoms with Gasteiger partial charge in [-0.3, -0.25) is 4.79 Å². The molecule has 1 rings (SSSR count). The second-order valence-corrected chi connectivity index (χ2v) is 3.92. The molecule has 1 aromatic rings. The Hall–Kier alpha value is -1.53. The molecule has 1 atom stereocenters. The van der Waals surface area contributed by atoms with E-state index in [1.165, 1.54) is 0 Å². The molecule has 0 aromatic heterocycles. The molecule has 0 aliphatic rings. The van der Waals surface area contributed by atoms with Crippen LogP contribution < -0.4 is 5.32 Å². The van der Waals surface area contributed by atoms with E-state index >= 15 is 0 Å².